The molecule has 2 aromatic carbocycles. The molecule has 2 N–H and O–H groups in total. The Labute approximate surface area is 157 Å². The van der Waals surface area contributed by atoms with Crippen LogP contribution in [0.25, 0.3) is 11.3 Å². The predicted molar refractivity (Wildman–Crippen MR) is 103 cm³/mol. The van der Waals surface area contributed by atoms with E-state index < -0.39 is 10.0 Å². The Morgan fingerprint density at radius 3 is 2.07 bits per heavy atom. The molecule has 140 valence electrons. The van der Waals surface area contributed by atoms with E-state index in [0.29, 0.717) is 23.0 Å². The summed E-state index contributed by atoms with van der Waals surface area (Å²) in [4.78, 5) is 15.5. The number of rotatable bonds is 5. The molecule has 7 nitrogen and oxygen atoms in total. The molecule has 3 rings (SSSR count). The van der Waals surface area contributed by atoms with E-state index in [1.54, 1.807) is 31.2 Å². The molecule has 0 unspecified atom stereocenters. The van der Waals surface area contributed by atoms with Crippen LogP contribution in [0.15, 0.2) is 57.8 Å². The topological polar surface area (TPSA) is 101 Å². The van der Waals surface area contributed by atoms with E-state index in [9.17, 15) is 13.2 Å². The van der Waals surface area contributed by atoms with Crippen LogP contribution in [0.3, 0.4) is 0 Å². The molecule has 0 spiro atoms. The fourth-order valence-corrected chi connectivity index (χ4v) is 3.69. The number of anilines is 2. The number of carbonyl (C=O) groups is 1. The molecule has 1 amide bonds. The Balaban J connectivity index is 1.77. The van der Waals surface area contributed by atoms with Crippen LogP contribution in [-0.2, 0) is 14.8 Å². The highest BCUT2D eigenvalue weighted by atomic mass is 32.2. The fraction of sp³-hybridized carbons (Fsp3) is 0.158. The molecule has 3 aromatic rings. The number of hydrogen-bond donors (Lipinski definition) is 2. The summed E-state index contributed by atoms with van der Waals surface area (Å²) in [5.74, 6) is 1.07. The second-order valence-corrected chi connectivity index (χ2v) is 7.71. The van der Waals surface area contributed by atoms with Crippen LogP contribution in [0.2, 0.25) is 0 Å². The second-order valence-electron chi connectivity index (χ2n) is 6.03. The Bertz CT molecular complexity index is 1070. The van der Waals surface area contributed by atoms with Gasteiger partial charge < -0.3 is 9.73 Å². The molecular formula is C19H19N3O4S. The Morgan fingerprint density at radius 2 is 1.56 bits per heavy atom. The zero-order valence-electron chi connectivity index (χ0n) is 15.1. The van der Waals surface area contributed by atoms with Gasteiger partial charge in [0.1, 0.15) is 11.5 Å². The van der Waals surface area contributed by atoms with Crippen molar-refractivity contribution in [1.82, 2.24) is 4.98 Å². The molecule has 0 atom stereocenters. The molecule has 1 heterocycles. The lowest BCUT2D eigenvalue weighted by Crippen LogP contribution is -2.13. The second kappa shape index (κ2) is 7.24. The van der Waals surface area contributed by atoms with Crippen LogP contribution < -0.4 is 10.0 Å². The van der Waals surface area contributed by atoms with Gasteiger partial charge in [0.25, 0.3) is 10.0 Å². The summed E-state index contributed by atoms with van der Waals surface area (Å²) in [7, 11) is -3.74. The van der Waals surface area contributed by atoms with Crippen molar-refractivity contribution < 1.29 is 17.6 Å². The van der Waals surface area contributed by atoms with E-state index in [1.165, 1.54) is 31.2 Å². The lowest BCUT2D eigenvalue weighted by molar-refractivity contribution is -0.114. The maximum Gasteiger partial charge on any atom is 0.261 e. The maximum atomic E-state index is 12.5. The van der Waals surface area contributed by atoms with Crippen molar-refractivity contribution in [3.05, 3.63) is 60.2 Å². The quantitative estimate of drug-likeness (QED) is 0.697. The van der Waals surface area contributed by atoms with Gasteiger partial charge in [0, 0.05) is 30.8 Å². The zero-order valence-corrected chi connectivity index (χ0v) is 15.9. The summed E-state index contributed by atoms with van der Waals surface area (Å²) in [6.07, 6.45) is 0. The van der Waals surface area contributed by atoms with Gasteiger partial charge in [-0.15, -0.1) is 0 Å². The van der Waals surface area contributed by atoms with E-state index in [0.717, 1.165) is 11.3 Å². The molecule has 1 aromatic heterocycles. The molecule has 8 heteroatoms. The molecule has 0 aliphatic rings. The summed E-state index contributed by atoms with van der Waals surface area (Å²) in [6, 6.07) is 12.8. The van der Waals surface area contributed by atoms with E-state index in [1.807, 2.05) is 6.92 Å². The normalized spacial score (nSPS) is 11.2. The van der Waals surface area contributed by atoms with Crippen LogP contribution in [0.5, 0.6) is 0 Å². The van der Waals surface area contributed by atoms with Crippen LogP contribution in [0, 0.1) is 13.8 Å². The van der Waals surface area contributed by atoms with Gasteiger partial charge in [0.2, 0.25) is 5.91 Å². The largest absolute Gasteiger partial charge is 0.446 e. The van der Waals surface area contributed by atoms with E-state index >= 15 is 0 Å². The predicted octanol–water partition coefficient (Wildman–Crippen LogP) is 3.72. The third-order valence-corrected chi connectivity index (χ3v) is 5.20. The average Bonchev–Trinajstić information content (AvgIpc) is 2.93. The molecule has 0 saturated heterocycles. The first-order valence-electron chi connectivity index (χ1n) is 8.19. The van der Waals surface area contributed by atoms with Gasteiger partial charge in [-0.05, 0) is 43.3 Å². The standard InChI is InChI=1S/C19H19N3O4S/c1-12-19(21-14(3)26-12)15-4-6-17(7-5-15)22-27(24,25)18-10-8-16(9-11-18)20-13(2)23/h4-11,22H,1-3H3,(H,20,23). The minimum atomic E-state index is -3.74. The molecular weight excluding hydrogens is 366 g/mol. The van der Waals surface area contributed by atoms with Gasteiger partial charge in [0.05, 0.1) is 4.90 Å². The Hall–Kier alpha value is -3.13. The maximum absolute atomic E-state index is 12.5. The van der Waals surface area contributed by atoms with Gasteiger partial charge in [0.15, 0.2) is 5.89 Å². The third kappa shape index (κ3) is 4.35. The van der Waals surface area contributed by atoms with Crippen LogP contribution in [0.4, 0.5) is 11.4 Å². The van der Waals surface area contributed by atoms with Crippen molar-refractivity contribution in [3.8, 4) is 11.3 Å². The van der Waals surface area contributed by atoms with Crippen LogP contribution in [0.1, 0.15) is 18.6 Å². The van der Waals surface area contributed by atoms with Gasteiger partial charge in [-0.25, -0.2) is 13.4 Å². The zero-order chi connectivity index (χ0) is 19.6. The van der Waals surface area contributed by atoms with Crippen LogP contribution in [-0.4, -0.2) is 19.3 Å². The van der Waals surface area contributed by atoms with Gasteiger partial charge in [-0.2, -0.15) is 0 Å². The Kier molecular flexibility index (Phi) is 5.00. The SMILES string of the molecule is CC(=O)Nc1ccc(S(=O)(=O)Nc2ccc(-c3nc(C)oc3C)cc2)cc1. The highest BCUT2D eigenvalue weighted by Crippen LogP contribution is 2.25. The van der Waals surface area contributed by atoms with Crippen molar-refractivity contribution in [2.75, 3.05) is 10.0 Å². The number of carbonyl (C=O) groups excluding carboxylic acids is 1. The first-order chi connectivity index (χ1) is 12.7. The first-order valence-corrected chi connectivity index (χ1v) is 9.68. The molecule has 0 aliphatic heterocycles. The number of nitrogens with one attached hydrogen (secondary N) is 2. The van der Waals surface area contributed by atoms with E-state index in [2.05, 4.69) is 15.0 Å². The smallest absolute Gasteiger partial charge is 0.261 e. The minimum absolute atomic E-state index is 0.101. The number of aryl methyl sites for hydroxylation is 2. The van der Waals surface area contributed by atoms with Crippen molar-refractivity contribution in [1.29, 1.82) is 0 Å². The number of benzene rings is 2. The van der Waals surface area contributed by atoms with E-state index in [-0.39, 0.29) is 10.8 Å². The first kappa shape index (κ1) is 18.7. The number of aromatic nitrogens is 1. The Morgan fingerprint density at radius 1 is 0.963 bits per heavy atom. The summed E-state index contributed by atoms with van der Waals surface area (Å²) < 4.78 is 33.0. The molecule has 0 fully saturated rings. The summed E-state index contributed by atoms with van der Waals surface area (Å²) in [5.41, 5.74) is 2.54. The van der Waals surface area contributed by atoms with Gasteiger partial charge in [-0.3, -0.25) is 9.52 Å². The number of oxazole rings is 1. The van der Waals surface area contributed by atoms with Crippen molar-refractivity contribution >= 4 is 27.3 Å². The summed E-state index contributed by atoms with van der Waals surface area (Å²) in [5, 5.41) is 2.59. The highest BCUT2D eigenvalue weighted by molar-refractivity contribution is 7.92. The fourth-order valence-electron chi connectivity index (χ4n) is 2.63. The highest BCUT2D eigenvalue weighted by Gasteiger charge is 2.15. The number of sulfonamides is 1. The number of hydrogen-bond acceptors (Lipinski definition) is 5. The average molecular weight is 385 g/mol. The number of amides is 1. The van der Waals surface area contributed by atoms with Crippen molar-refractivity contribution in [3.63, 3.8) is 0 Å². The molecule has 0 aliphatic carbocycles. The summed E-state index contributed by atoms with van der Waals surface area (Å²) in [6.45, 7) is 4.99. The lowest BCUT2D eigenvalue weighted by Gasteiger charge is -2.09. The molecule has 0 bridgehead atoms. The minimum Gasteiger partial charge on any atom is -0.446 e. The van der Waals surface area contributed by atoms with Crippen molar-refractivity contribution in [2.24, 2.45) is 0 Å². The monoisotopic (exact) mass is 385 g/mol. The van der Waals surface area contributed by atoms with Gasteiger partial charge >= 0.3 is 0 Å². The van der Waals surface area contributed by atoms with Gasteiger partial charge in [-0.1, -0.05) is 12.1 Å². The third-order valence-electron chi connectivity index (χ3n) is 3.80. The molecule has 27 heavy (non-hydrogen) atoms. The number of nitrogens with zero attached hydrogens (tertiary/aromatic N) is 1. The summed E-state index contributed by atoms with van der Waals surface area (Å²) >= 11 is 0. The van der Waals surface area contributed by atoms with Crippen LogP contribution >= 0.6 is 0 Å². The molecule has 0 saturated carbocycles. The lowest BCUT2D eigenvalue weighted by atomic mass is 10.1. The molecule has 0 radical (unpaired) electrons. The van der Waals surface area contributed by atoms with E-state index in [4.69, 9.17) is 4.42 Å². The van der Waals surface area contributed by atoms with Crippen molar-refractivity contribution in [2.45, 2.75) is 25.7 Å².